The van der Waals surface area contributed by atoms with Gasteiger partial charge < -0.3 is 9.47 Å². The molecule has 0 spiro atoms. The van der Waals surface area contributed by atoms with E-state index < -0.39 is 31.4 Å². The number of benzene rings is 2. The van der Waals surface area contributed by atoms with Gasteiger partial charge >= 0.3 is 0 Å². The summed E-state index contributed by atoms with van der Waals surface area (Å²) >= 11 is 0. The molecule has 5 atom stereocenters. The first kappa shape index (κ1) is 22.3. The summed E-state index contributed by atoms with van der Waals surface area (Å²) in [5, 5.41) is 1.24. The Morgan fingerprint density at radius 3 is 2.48 bits per heavy atom. The van der Waals surface area contributed by atoms with Gasteiger partial charge in [0, 0.05) is 24.8 Å². The number of rotatable bonds is 5. The first-order valence-corrected chi connectivity index (χ1v) is 14.7. The maximum absolute atomic E-state index is 14.2. The van der Waals surface area contributed by atoms with E-state index in [-0.39, 0.29) is 17.2 Å². The van der Waals surface area contributed by atoms with Gasteiger partial charge in [-0.3, -0.25) is 14.5 Å². The Kier molecular flexibility index (Phi) is 5.05. The van der Waals surface area contributed by atoms with Gasteiger partial charge in [-0.25, -0.2) is 0 Å². The van der Waals surface area contributed by atoms with Crippen LogP contribution in [0.5, 0.6) is 0 Å². The van der Waals surface area contributed by atoms with E-state index in [1.54, 1.807) is 20.1 Å². The smallest absolute Gasteiger partial charge is 0.256 e. The molecule has 0 aromatic heterocycles. The molecule has 0 unspecified atom stereocenters. The molecule has 0 bridgehead atoms. The van der Waals surface area contributed by atoms with E-state index in [2.05, 4.69) is 31.8 Å². The van der Waals surface area contributed by atoms with Crippen LogP contribution < -0.4 is 10.1 Å². The van der Waals surface area contributed by atoms with Gasteiger partial charge in [0.15, 0.2) is 5.79 Å². The number of amides is 1. The Labute approximate surface area is 196 Å². The Hall–Kier alpha value is -2.54. The van der Waals surface area contributed by atoms with Crippen LogP contribution in [0.3, 0.4) is 0 Å². The van der Waals surface area contributed by atoms with E-state index in [9.17, 15) is 9.59 Å². The van der Waals surface area contributed by atoms with Gasteiger partial charge in [0.25, 0.3) is 5.91 Å². The van der Waals surface area contributed by atoms with Gasteiger partial charge in [-0.1, -0.05) is 72.9 Å². The highest BCUT2D eigenvalue weighted by molar-refractivity contribution is 6.91. The van der Waals surface area contributed by atoms with Crippen molar-refractivity contribution in [2.45, 2.75) is 61.7 Å². The molecule has 2 aromatic rings. The highest BCUT2D eigenvalue weighted by Gasteiger charge is 2.74. The number of para-hydroxylation sites is 1. The number of ketones is 1. The van der Waals surface area contributed by atoms with Crippen LogP contribution in [0.4, 0.5) is 5.69 Å². The zero-order valence-corrected chi connectivity index (χ0v) is 20.7. The molecular formula is C27H31NO4Si. The third kappa shape index (κ3) is 2.71. The van der Waals surface area contributed by atoms with Gasteiger partial charge in [0.05, 0.1) is 13.5 Å². The molecular weight excluding hydrogens is 430 g/mol. The SMILES string of the molecule is C=CC[C@]12C(=O)C[C@@H]([Si](C)(C)c3ccccc3)[C@]3(OC)O[C@H](C)C(=O)N(c4ccccc41)[C@@H]32. The number of morpholine rings is 1. The molecule has 1 amide bonds. The average molecular weight is 462 g/mol. The molecule has 0 radical (unpaired) electrons. The molecule has 2 aromatic carbocycles. The van der Waals surface area contributed by atoms with E-state index in [1.165, 1.54) is 5.19 Å². The van der Waals surface area contributed by atoms with E-state index in [0.717, 1.165) is 11.3 Å². The van der Waals surface area contributed by atoms with Gasteiger partial charge in [0.2, 0.25) is 0 Å². The molecule has 1 saturated carbocycles. The van der Waals surface area contributed by atoms with Crippen molar-refractivity contribution in [2.24, 2.45) is 0 Å². The molecule has 3 aliphatic rings. The number of fused-ring (bicyclic) bond motifs is 3. The lowest BCUT2D eigenvalue weighted by Gasteiger charge is -2.60. The highest BCUT2D eigenvalue weighted by atomic mass is 28.3. The third-order valence-corrected chi connectivity index (χ3v) is 12.4. The van der Waals surface area contributed by atoms with Crippen molar-refractivity contribution in [1.29, 1.82) is 0 Å². The fourth-order valence-corrected chi connectivity index (χ4v) is 10.2. The number of Topliss-reactive ketones (excluding diaryl/α,β-unsaturated/α-hetero) is 1. The molecule has 0 N–H and O–H groups in total. The molecule has 2 aliphatic heterocycles. The van der Waals surface area contributed by atoms with Crippen LogP contribution in [0.2, 0.25) is 18.6 Å². The summed E-state index contributed by atoms with van der Waals surface area (Å²) in [5.41, 5.74) is 0.575. The van der Waals surface area contributed by atoms with E-state index in [1.807, 2.05) is 47.4 Å². The largest absolute Gasteiger partial charge is 0.351 e. The number of methoxy groups -OCH3 is 1. The first-order valence-electron chi connectivity index (χ1n) is 11.6. The topological polar surface area (TPSA) is 55.8 Å². The monoisotopic (exact) mass is 461 g/mol. The number of ether oxygens (including phenoxy) is 2. The summed E-state index contributed by atoms with van der Waals surface area (Å²) in [6.07, 6.45) is 1.89. The molecule has 6 heteroatoms. The summed E-state index contributed by atoms with van der Waals surface area (Å²) < 4.78 is 13.0. The third-order valence-electron chi connectivity index (χ3n) is 8.24. The van der Waals surface area contributed by atoms with Crippen molar-refractivity contribution in [1.82, 2.24) is 0 Å². The van der Waals surface area contributed by atoms with Crippen molar-refractivity contribution in [3.05, 3.63) is 72.8 Å². The lowest BCUT2D eigenvalue weighted by atomic mass is 9.62. The van der Waals surface area contributed by atoms with Gasteiger partial charge in [-0.15, -0.1) is 6.58 Å². The molecule has 1 saturated heterocycles. The molecule has 172 valence electrons. The quantitative estimate of drug-likeness (QED) is 0.500. The van der Waals surface area contributed by atoms with Gasteiger partial charge in [-0.05, 0) is 25.0 Å². The summed E-state index contributed by atoms with van der Waals surface area (Å²) in [6, 6.07) is 17.6. The van der Waals surface area contributed by atoms with Crippen LogP contribution in [-0.4, -0.2) is 44.8 Å². The predicted octanol–water partition coefficient (Wildman–Crippen LogP) is 3.94. The number of carbonyl (C=O) groups is 2. The molecule has 5 nitrogen and oxygen atoms in total. The maximum atomic E-state index is 14.2. The Bertz CT molecular complexity index is 1130. The maximum Gasteiger partial charge on any atom is 0.256 e. The number of hydrogen-bond donors (Lipinski definition) is 0. The Morgan fingerprint density at radius 2 is 1.82 bits per heavy atom. The van der Waals surface area contributed by atoms with Gasteiger partial charge in [-0.2, -0.15) is 0 Å². The average Bonchev–Trinajstić information content (AvgIpc) is 3.13. The second kappa shape index (κ2) is 7.48. The summed E-state index contributed by atoms with van der Waals surface area (Å²) in [5.74, 6) is -1.09. The van der Waals surface area contributed by atoms with Crippen LogP contribution in [-0.2, 0) is 24.5 Å². The van der Waals surface area contributed by atoms with Crippen LogP contribution in [0.1, 0.15) is 25.3 Å². The second-order valence-corrected chi connectivity index (χ2v) is 14.8. The van der Waals surface area contributed by atoms with Crippen LogP contribution in [0, 0.1) is 0 Å². The summed E-state index contributed by atoms with van der Waals surface area (Å²) in [6.45, 7) is 10.3. The number of allylic oxidation sites excluding steroid dienone is 1. The van der Waals surface area contributed by atoms with E-state index in [0.29, 0.717) is 12.8 Å². The van der Waals surface area contributed by atoms with Crippen molar-refractivity contribution in [2.75, 3.05) is 12.0 Å². The predicted molar refractivity (Wildman–Crippen MR) is 131 cm³/mol. The lowest BCUT2D eigenvalue weighted by molar-refractivity contribution is -0.278. The number of anilines is 1. The fourth-order valence-electron chi connectivity index (χ4n) is 6.70. The molecule has 33 heavy (non-hydrogen) atoms. The zero-order chi connectivity index (χ0) is 23.6. The van der Waals surface area contributed by atoms with Crippen molar-refractivity contribution < 1.29 is 19.1 Å². The molecule has 5 rings (SSSR count). The molecule has 2 fully saturated rings. The number of hydrogen-bond acceptors (Lipinski definition) is 4. The standard InChI is InChI=1S/C27H31NO4Si/c1-6-16-26-20-14-10-11-15-21(20)28-24(30)18(2)32-27(31-3,25(26)28)23(17-22(26)29)33(4,5)19-12-8-7-9-13-19/h6-15,18,23,25H,1,16-17H2,2-5H3/t18-,23-,25-,26-,27+/m1/s1. The number of carbonyl (C=O) groups excluding carboxylic acids is 2. The minimum atomic E-state index is -2.30. The van der Waals surface area contributed by atoms with Gasteiger partial charge in [0.1, 0.15) is 17.9 Å². The highest BCUT2D eigenvalue weighted by Crippen LogP contribution is 2.63. The Morgan fingerprint density at radius 1 is 1.15 bits per heavy atom. The zero-order valence-electron chi connectivity index (χ0n) is 19.7. The molecule has 2 heterocycles. The lowest BCUT2D eigenvalue weighted by Crippen LogP contribution is -2.77. The fraction of sp³-hybridized carbons (Fsp3) is 0.407. The van der Waals surface area contributed by atoms with E-state index in [4.69, 9.17) is 9.47 Å². The first-order chi connectivity index (χ1) is 15.8. The van der Waals surface area contributed by atoms with E-state index >= 15 is 0 Å². The second-order valence-electron chi connectivity index (χ2n) is 10.0. The molecule has 1 aliphatic carbocycles. The summed E-state index contributed by atoms with van der Waals surface area (Å²) in [7, 11) is -0.632. The minimum Gasteiger partial charge on any atom is -0.351 e. The van der Waals surface area contributed by atoms with Crippen LogP contribution >= 0.6 is 0 Å². The van der Waals surface area contributed by atoms with Crippen molar-refractivity contribution in [3.63, 3.8) is 0 Å². The van der Waals surface area contributed by atoms with Crippen molar-refractivity contribution >= 4 is 30.6 Å². The van der Waals surface area contributed by atoms with Crippen molar-refractivity contribution in [3.8, 4) is 0 Å². The Balaban J connectivity index is 1.79. The normalized spacial score (nSPS) is 33.0. The number of nitrogens with zero attached hydrogens (tertiary/aromatic N) is 1. The van der Waals surface area contributed by atoms with Crippen LogP contribution in [0.15, 0.2) is 67.3 Å². The minimum absolute atomic E-state index is 0.126. The summed E-state index contributed by atoms with van der Waals surface area (Å²) in [4.78, 5) is 29.6. The van der Waals surface area contributed by atoms with Crippen LogP contribution in [0.25, 0.3) is 0 Å².